The summed E-state index contributed by atoms with van der Waals surface area (Å²) in [6.07, 6.45) is -0.523. The first-order valence-electron chi connectivity index (χ1n) is 6.10. The molecule has 1 aromatic rings. The molecule has 0 fully saturated rings. The first-order chi connectivity index (χ1) is 9.15. The molecular formula is C13H17ClN2O4. The topological polar surface area (TPSA) is 72.7 Å². The van der Waals surface area contributed by atoms with Crippen LogP contribution in [0.5, 0.6) is 0 Å². The van der Waals surface area contributed by atoms with Crippen LogP contribution in [0.15, 0.2) is 18.2 Å². The number of nitro benzene ring substituents is 1. The number of hydrogen-bond acceptors (Lipinski definition) is 4. The van der Waals surface area contributed by atoms with Crippen molar-refractivity contribution in [2.24, 2.45) is 0 Å². The molecule has 1 amide bonds. The monoisotopic (exact) mass is 300 g/mol. The molecule has 0 aromatic heterocycles. The highest BCUT2D eigenvalue weighted by molar-refractivity contribution is 6.33. The molecule has 110 valence electrons. The van der Waals surface area contributed by atoms with Gasteiger partial charge in [-0.1, -0.05) is 11.6 Å². The molecule has 0 spiro atoms. The molecule has 0 aliphatic carbocycles. The Hall–Kier alpha value is -1.82. The van der Waals surface area contributed by atoms with Crippen LogP contribution in [-0.4, -0.2) is 23.2 Å². The van der Waals surface area contributed by atoms with Crippen molar-refractivity contribution >= 4 is 29.1 Å². The molecule has 0 bridgehead atoms. The molecule has 0 saturated carbocycles. The second kappa shape index (κ2) is 6.09. The highest BCUT2D eigenvalue weighted by atomic mass is 35.5. The predicted octanol–water partition coefficient (Wildman–Crippen LogP) is 4.01. The van der Waals surface area contributed by atoms with E-state index in [9.17, 15) is 14.9 Å². The van der Waals surface area contributed by atoms with Crippen molar-refractivity contribution in [3.63, 3.8) is 0 Å². The second-order valence-electron chi connectivity index (χ2n) is 5.12. The van der Waals surface area contributed by atoms with Crippen LogP contribution < -0.4 is 4.90 Å². The van der Waals surface area contributed by atoms with E-state index in [2.05, 4.69) is 0 Å². The van der Waals surface area contributed by atoms with E-state index in [0.29, 0.717) is 12.2 Å². The van der Waals surface area contributed by atoms with E-state index in [1.54, 1.807) is 27.7 Å². The van der Waals surface area contributed by atoms with Crippen molar-refractivity contribution < 1.29 is 14.5 Å². The van der Waals surface area contributed by atoms with Gasteiger partial charge in [-0.05, 0) is 39.8 Å². The van der Waals surface area contributed by atoms with Gasteiger partial charge in [0.2, 0.25) is 0 Å². The number of halogens is 1. The van der Waals surface area contributed by atoms with Crippen LogP contribution in [0, 0.1) is 10.1 Å². The minimum absolute atomic E-state index is 0.0190. The van der Waals surface area contributed by atoms with Crippen molar-refractivity contribution in [1.29, 1.82) is 0 Å². The zero-order valence-corrected chi connectivity index (χ0v) is 12.6. The van der Waals surface area contributed by atoms with Gasteiger partial charge in [0.05, 0.1) is 4.92 Å². The minimum atomic E-state index is -0.616. The van der Waals surface area contributed by atoms with Crippen LogP contribution in [0.3, 0.4) is 0 Å². The average Bonchev–Trinajstić information content (AvgIpc) is 2.26. The van der Waals surface area contributed by atoms with E-state index in [0.717, 1.165) is 0 Å². The molecular weight excluding hydrogens is 284 g/mol. The highest BCUT2D eigenvalue weighted by Crippen LogP contribution is 2.29. The molecule has 0 heterocycles. The van der Waals surface area contributed by atoms with Gasteiger partial charge in [0, 0.05) is 18.3 Å². The highest BCUT2D eigenvalue weighted by Gasteiger charge is 2.23. The van der Waals surface area contributed by atoms with Gasteiger partial charge in [0.25, 0.3) is 5.69 Å². The maximum atomic E-state index is 12.0. The molecule has 0 radical (unpaired) electrons. The molecule has 0 saturated heterocycles. The Balaban J connectivity index is 3.04. The predicted molar refractivity (Wildman–Crippen MR) is 77.4 cm³/mol. The van der Waals surface area contributed by atoms with E-state index in [1.165, 1.54) is 23.1 Å². The second-order valence-corrected chi connectivity index (χ2v) is 5.52. The molecule has 0 aliphatic rings. The van der Waals surface area contributed by atoms with Gasteiger partial charge >= 0.3 is 6.09 Å². The van der Waals surface area contributed by atoms with Crippen molar-refractivity contribution in [3.05, 3.63) is 33.3 Å². The van der Waals surface area contributed by atoms with Crippen LogP contribution in [-0.2, 0) is 4.74 Å². The smallest absolute Gasteiger partial charge is 0.414 e. The van der Waals surface area contributed by atoms with Gasteiger partial charge in [-0.15, -0.1) is 0 Å². The van der Waals surface area contributed by atoms with Crippen LogP contribution in [0.4, 0.5) is 16.2 Å². The molecule has 6 nitrogen and oxygen atoms in total. The first-order valence-corrected chi connectivity index (χ1v) is 6.48. The summed E-state index contributed by atoms with van der Waals surface area (Å²) in [6, 6.07) is 4.12. The van der Waals surface area contributed by atoms with Crippen molar-refractivity contribution in [2.75, 3.05) is 11.4 Å². The van der Waals surface area contributed by atoms with Gasteiger partial charge in [-0.25, -0.2) is 4.79 Å². The van der Waals surface area contributed by atoms with Crippen LogP contribution in [0.1, 0.15) is 27.7 Å². The third-order valence-corrected chi connectivity index (χ3v) is 2.67. The van der Waals surface area contributed by atoms with E-state index in [1.807, 2.05) is 0 Å². The summed E-state index contributed by atoms with van der Waals surface area (Å²) in [4.78, 5) is 23.5. The Morgan fingerprint density at radius 3 is 2.45 bits per heavy atom. The fourth-order valence-corrected chi connectivity index (χ4v) is 1.79. The molecule has 0 atom stereocenters. The minimum Gasteiger partial charge on any atom is -0.443 e. The zero-order chi connectivity index (χ0) is 15.5. The summed E-state index contributed by atoms with van der Waals surface area (Å²) < 4.78 is 5.27. The SMILES string of the molecule is CCN(C(=O)OC(C)(C)C)c1ccc([N+](=O)[O-])c(Cl)c1. The fourth-order valence-electron chi connectivity index (χ4n) is 1.55. The maximum Gasteiger partial charge on any atom is 0.414 e. The summed E-state index contributed by atoms with van der Waals surface area (Å²) in [5.74, 6) is 0. The van der Waals surface area contributed by atoms with E-state index >= 15 is 0 Å². The Bertz CT molecular complexity index is 526. The van der Waals surface area contributed by atoms with Gasteiger partial charge in [0.1, 0.15) is 10.6 Å². The van der Waals surface area contributed by atoms with Crippen molar-refractivity contribution in [3.8, 4) is 0 Å². The lowest BCUT2D eigenvalue weighted by Crippen LogP contribution is -2.36. The summed E-state index contributed by atoms with van der Waals surface area (Å²) >= 11 is 5.84. The molecule has 20 heavy (non-hydrogen) atoms. The van der Waals surface area contributed by atoms with Gasteiger partial charge in [-0.3, -0.25) is 15.0 Å². The average molecular weight is 301 g/mol. The third kappa shape index (κ3) is 4.09. The number of benzene rings is 1. The number of carbonyl (C=O) groups is 1. The lowest BCUT2D eigenvalue weighted by Gasteiger charge is -2.26. The lowest BCUT2D eigenvalue weighted by molar-refractivity contribution is -0.384. The molecule has 0 unspecified atom stereocenters. The number of ether oxygens (including phenoxy) is 1. The fraction of sp³-hybridized carbons (Fsp3) is 0.462. The van der Waals surface area contributed by atoms with Crippen molar-refractivity contribution in [2.45, 2.75) is 33.3 Å². The summed E-state index contributed by atoms with van der Waals surface area (Å²) in [5.41, 5.74) is -0.359. The zero-order valence-electron chi connectivity index (χ0n) is 11.8. The normalized spacial score (nSPS) is 11.1. The molecule has 1 aromatic carbocycles. The molecule has 0 aliphatic heterocycles. The standard InChI is InChI=1S/C13H17ClN2O4/c1-5-15(12(17)20-13(2,3)4)9-6-7-11(16(18)19)10(14)8-9/h6-8H,5H2,1-4H3. The largest absolute Gasteiger partial charge is 0.443 e. The van der Waals surface area contributed by atoms with Gasteiger partial charge in [-0.2, -0.15) is 0 Å². The Morgan fingerprint density at radius 1 is 1.45 bits per heavy atom. The van der Waals surface area contributed by atoms with Gasteiger partial charge < -0.3 is 4.74 Å². The number of anilines is 1. The molecule has 0 N–H and O–H groups in total. The quantitative estimate of drug-likeness (QED) is 0.624. The van der Waals surface area contributed by atoms with Crippen molar-refractivity contribution in [1.82, 2.24) is 0 Å². The number of nitrogens with zero attached hydrogens (tertiary/aromatic N) is 2. The lowest BCUT2D eigenvalue weighted by atomic mass is 10.2. The summed E-state index contributed by atoms with van der Waals surface area (Å²) in [5, 5.41) is 10.7. The van der Waals surface area contributed by atoms with E-state index < -0.39 is 16.6 Å². The number of carbonyl (C=O) groups excluding carboxylic acids is 1. The van der Waals surface area contributed by atoms with Crippen LogP contribution in [0.2, 0.25) is 5.02 Å². The third-order valence-electron chi connectivity index (χ3n) is 2.37. The van der Waals surface area contributed by atoms with E-state index in [-0.39, 0.29) is 10.7 Å². The Kier molecular flexibility index (Phi) is 4.94. The molecule has 1 rings (SSSR count). The number of hydrogen-bond donors (Lipinski definition) is 0. The number of nitro groups is 1. The summed E-state index contributed by atoms with van der Waals surface area (Å²) in [7, 11) is 0. The number of rotatable bonds is 3. The summed E-state index contributed by atoms with van der Waals surface area (Å²) in [6.45, 7) is 7.44. The Morgan fingerprint density at radius 2 is 2.05 bits per heavy atom. The number of amides is 1. The van der Waals surface area contributed by atoms with Crippen LogP contribution >= 0.6 is 11.6 Å². The maximum absolute atomic E-state index is 12.0. The van der Waals surface area contributed by atoms with E-state index in [4.69, 9.17) is 16.3 Å². The van der Waals surface area contributed by atoms with Crippen LogP contribution in [0.25, 0.3) is 0 Å². The first kappa shape index (κ1) is 16.2. The molecule has 7 heteroatoms. The van der Waals surface area contributed by atoms with Gasteiger partial charge in [0.15, 0.2) is 0 Å². The Labute approximate surface area is 122 Å².